The van der Waals surface area contributed by atoms with Gasteiger partial charge in [0.2, 0.25) is 0 Å². The zero-order valence-corrected chi connectivity index (χ0v) is 13.4. The number of rotatable bonds is 5. The van der Waals surface area contributed by atoms with E-state index in [2.05, 4.69) is 21.3 Å². The topological polar surface area (TPSA) is 57.6 Å². The molecule has 2 aromatic rings. The highest BCUT2D eigenvalue weighted by molar-refractivity contribution is 5.52. The van der Waals surface area contributed by atoms with Gasteiger partial charge in [-0.1, -0.05) is 6.07 Å². The van der Waals surface area contributed by atoms with E-state index in [4.69, 9.17) is 4.74 Å². The number of pyridine rings is 1. The van der Waals surface area contributed by atoms with Gasteiger partial charge in [-0.3, -0.25) is 0 Å². The van der Waals surface area contributed by atoms with Crippen LogP contribution in [0.1, 0.15) is 18.4 Å². The van der Waals surface area contributed by atoms with Crippen LogP contribution in [0.5, 0.6) is 5.75 Å². The molecule has 1 aliphatic heterocycles. The number of aliphatic hydroxyl groups is 1. The lowest BCUT2D eigenvalue weighted by molar-refractivity contribution is 0.274. The lowest BCUT2D eigenvalue weighted by atomic mass is 10.0. The van der Waals surface area contributed by atoms with Gasteiger partial charge < -0.3 is 20.1 Å². The van der Waals surface area contributed by atoms with Gasteiger partial charge in [-0.2, -0.15) is 0 Å². The van der Waals surface area contributed by atoms with Crippen molar-refractivity contribution < 1.29 is 9.84 Å². The summed E-state index contributed by atoms with van der Waals surface area (Å²) in [4.78, 5) is 6.74. The van der Waals surface area contributed by atoms with E-state index in [1.165, 1.54) is 0 Å². The van der Waals surface area contributed by atoms with Gasteiger partial charge in [0.1, 0.15) is 11.6 Å². The fourth-order valence-corrected chi connectivity index (χ4v) is 3.02. The van der Waals surface area contributed by atoms with E-state index in [-0.39, 0.29) is 6.61 Å². The van der Waals surface area contributed by atoms with E-state index in [1.807, 2.05) is 36.5 Å². The van der Waals surface area contributed by atoms with Gasteiger partial charge in [0, 0.05) is 36.6 Å². The van der Waals surface area contributed by atoms with Gasteiger partial charge in [0.15, 0.2) is 0 Å². The molecule has 0 saturated carbocycles. The van der Waals surface area contributed by atoms with Gasteiger partial charge in [0.05, 0.1) is 13.7 Å². The van der Waals surface area contributed by atoms with Crippen molar-refractivity contribution in [3.8, 4) is 5.75 Å². The molecular formula is C18H23N3O2. The molecule has 1 fully saturated rings. The van der Waals surface area contributed by atoms with Crippen LogP contribution >= 0.6 is 0 Å². The van der Waals surface area contributed by atoms with Crippen LogP contribution in [0.4, 0.5) is 11.5 Å². The van der Waals surface area contributed by atoms with Crippen LogP contribution in [0.2, 0.25) is 0 Å². The first-order valence-corrected chi connectivity index (χ1v) is 8.00. The normalized spacial score (nSPS) is 15.5. The maximum atomic E-state index is 9.42. The number of hydrogen-bond acceptors (Lipinski definition) is 5. The van der Waals surface area contributed by atoms with Crippen LogP contribution in [0.3, 0.4) is 0 Å². The molecule has 0 bridgehead atoms. The third kappa shape index (κ3) is 3.74. The summed E-state index contributed by atoms with van der Waals surface area (Å²) in [5.41, 5.74) is 1.84. The zero-order chi connectivity index (χ0) is 16.1. The molecular weight excluding hydrogens is 290 g/mol. The Morgan fingerprint density at radius 1 is 1.26 bits per heavy atom. The third-order valence-electron chi connectivity index (χ3n) is 4.29. The van der Waals surface area contributed by atoms with Gasteiger partial charge in [-0.15, -0.1) is 0 Å². The summed E-state index contributed by atoms with van der Waals surface area (Å²) in [5, 5.41) is 13.0. The highest BCUT2D eigenvalue weighted by atomic mass is 16.5. The van der Waals surface area contributed by atoms with Crippen LogP contribution in [-0.4, -0.2) is 36.3 Å². The maximum Gasteiger partial charge on any atom is 0.128 e. The summed E-state index contributed by atoms with van der Waals surface area (Å²) in [6.07, 6.45) is 3.97. The predicted molar refractivity (Wildman–Crippen MR) is 92.0 cm³/mol. The molecule has 122 valence electrons. The van der Waals surface area contributed by atoms with Crippen molar-refractivity contribution in [2.45, 2.75) is 25.5 Å². The number of hydrogen-bond donors (Lipinski definition) is 2. The van der Waals surface area contributed by atoms with Crippen LogP contribution in [0, 0.1) is 0 Å². The minimum absolute atomic E-state index is 0.0170. The first kappa shape index (κ1) is 15.6. The molecule has 3 rings (SSSR count). The summed E-state index contributed by atoms with van der Waals surface area (Å²) in [7, 11) is 1.62. The highest BCUT2D eigenvalue weighted by Crippen LogP contribution is 2.25. The third-order valence-corrected chi connectivity index (χ3v) is 4.29. The van der Waals surface area contributed by atoms with Crippen molar-refractivity contribution in [3.05, 3.63) is 48.2 Å². The number of benzene rings is 1. The first-order valence-electron chi connectivity index (χ1n) is 8.00. The lowest BCUT2D eigenvalue weighted by Gasteiger charge is -2.33. The Hall–Kier alpha value is -2.27. The highest BCUT2D eigenvalue weighted by Gasteiger charge is 2.20. The van der Waals surface area contributed by atoms with Crippen LogP contribution < -0.4 is 15.0 Å². The van der Waals surface area contributed by atoms with Crippen molar-refractivity contribution in [1.29, 1.82) is 0 Å². The van der Waals surface area contributed by atoms with Gasteiger partial charge in [-0.05, 0) is 43.2 Å². The smallest absolute Gasteiger partial charge is 0.128 e. The monoisotopic (exact) mass is 313 g/mol. The summed E-state index contributed by atoms with van der Waals surface area (Å²) < 4.78 is 5.24. The molecule has 0 amide bonds. The first-order chi connectivity index (χ1) is 11.3. The van der Waals surface area contributed by atoms with Crippen LogP contribution in [-0.2, 0) is 6.61 Å². The fraction of sp³-hybridized carbons (Fsp3) is 0.389. The Kier molecular flexibility index (Phi) is 4.98. The average Bonchev–Trinajstić information content (AvgIpc) is 2.63. The van der Waals surface area contributed by atoms with E-state index in [0.29, 0.717) is 6.04 Å². The van der Waals surface area contributed by atoms with E-state index < -0.39 is 0 Å². The minimum atomic E-state index is -0.0170. The van der Waals surface area contributed by atoms with Gasteiger partial charge in [-0.25, -0.2) is 4.98 Å². The van der Waals surface area contributed by atoms with Crippen LogP contribution in [0.25, 0.3) is 0 Å². The molecule has 1 aromatic heterocycles. The molecule has 1 aliphatic rings. The van der Waals surface area contributed by atoms with Crippen molar-refractivity contribution >= 4 is 11.5 Å². The number of nitrogens with one attached hydrogen (secondary N) is 1. The Bertz CT molecular complexity index is 625. The molecule has 5 nitrogen and oxygen atoms in total. The lowest BCUT2D eigenvalue weighted by Crippen LogP contribution is -2.39. The molecule has 1 saturated heterocycles. The minimum Gasteiger partial charge on any atom is -0.496 e. The molecule has 2 heterocycles. The number of anilines is 2. The summed E-state index contributed by atoms with van der Waals surface area (Å²) in [6, 6.07) is 12.3. The van der Waals surface area contributed by atoms with E-state index in [0.717, 1.165) is 48.7 Å². The maximum absolute atomic E-state index is 9.42. The Labute approximate surface area is 136 Å². The Morgan fingerprint density at radius 2 is 2.09 bits per heavy atom. The van der Waals surface area contributed by atoms with Crippen molar-refractivity contribution in [2.24, 2.45) is 0 Å². The van der Waals surface area contributed by atoms with E-state index in [9.17, 15) is 5.11 Å². The quantitative estimate of drug-likeness (QED) is 0.889. The van der Waals surface area contributed by atoms with Gasteiger partial charge >= 0.3 is 0 Å². The van der Waals surface area contributed by atoms with E-state index >= 15 is 0 Å². The number of aliphatic hydroxyl groups excluding tert-OH is 1. The van der Waals surface area contributed by atoms with Crippen molar-refractivity contribution in [3.63, 3.8) is 0 Å². The molecule has 0 radical (unpaired) electrons. The summed E-state index contributed by atoms with van der Waals surface area (Å²) >= 11 is 0. The van der Waals surface area contributed by atoms with Crippen molar-refractivity contribution in [2.75, 3.05) is 30.4 Å². The molecule has 0 atom stereocenters. The molecule has 23 heavy (non-hydrogen) atoms. The second-order valence-electron chi connectivity index (χ2n) is 5.78. The standard InChI is InChI=1S/C18H23N3O2/c1-23-17-6-5-16(12-14(17)13-22)20-15-7-10-21(11-8-15)18-4-2-3-9-19-18/h2-6,9,12,15,20,22H,7-8,10-11,13H2,1H3. The zero-order valence-electron chi connectivity index (χ0n) is 13.4. The number of methoxy groups -OCH3 is 1. The molecule has 5 heteroatoms. The van der Waals surface area contributed by atoms with Crippen LogP contribution in [0.15, 0.2) is 42.6 Å². The molecule has 2 N–H and O–H groups in total. The SMILES string of the molecule is COc1ccc(NC2CCN(c3ccccn3)CC2)cc1CO. The second kappa shape index (κ2) is 7.33. The predicted octanol–water partition coefficient (Wildman–Crippen LogP) is 2.66. The largest absolute Gasteiger partial charge is 0.496 e. The van der Waals surface area contributed by atoms with Crippen molar-refractivity contribution in [1.82, 2.24) is 4.98 Å². The summed E-state index contributed by atoms with van der Waals surface area (Å²) in [5.74, 6) is 1.78. The molecule has 0 aliphatic carbocycles. The van der Waals surface area contributed by atoms with E-state index in [1.54, 1.807) is 7.11 Å². The number of ether oxygens (including phenoxy) is 1. The second-order valence-corrected chi connectivity index (χ2v) is 5.78. The Balaban J connectivity index is 1.58. The number of nitrogens with zero attached hydrogens (tertiary/aromatic N) is 2. The van der Waals surface area contributed by atoms with Gasteiger partial charge in [0.25, 0.3) is 0 Å². The summed E-state index contributed by atoms with van der Waals surface area (Å²) in [6.45, 7) is 1.98. The molecule has 1 aromatic carbocycles. The average molecular weight is 313 g/mol. The molecule has 0 spiro atoms. The fourth-order valence-electron chi connectivity index (χ4n) is 3.02. The number of piperidine rings is 1. The molecule has 0 unspecified atom stereocenters. The number of aromatic nitrogens is 1. The Morgan fingerprint density at radius 3 is 2.74 bits per heavy atom.